The molecule has 0 saturated carbocycles. The number of hydrogen-bond donors (Lipinski definition) is 0. The fourth-order valence-corrected chi connectivity index (χ4v) is 4.35. The molecule has 1 fully saturated rings. The number of aromatic nitrogens is 1. The molecular weight excluding hydrogens is 404 g/mol. The number of benzene rings is 2. The first-order valence-corrected chi connectivity index (χ1v) is 11.1. The van der Waals surface area contributed by atoms with E-state index in [2.05, 4.69) is 0 Å². The molecule has 2 aromatic carbocycles. The van der Waals surface area contributed by atoms with Crippen LogP contribution in [0.2, 0.25) is 0 Å². The quantitative estimate of drug-likeness (QED) is 0.600. The number of methoxy groups -OCH3 is 2. The molecule has 1 aliphatic rings. The lowest BCUT2D eigenvalue weighted by molar-refractivity contribution is 0.0763. The van der Waals surface area contributed by atoms with Gasteiger partial charge in [-0.15, -0.1) is 0 Å². The van der Waals surface area contributed by atoms with Crippen molar-refractivity contribution in [3.63, 3.8) is 0 Å². The number of ether oxygens (including phenoxy) is 2. The SMILES string of the molecule is COc1cc2c(C(=O)N3CCCCCC3)cn(-c3ccc(C)c(C)c3)c(=O)c2cc1OC. The highest BCUT2D eigenvalue weighted by atomic mass is 16.5. The van der Waals surface area contributed by atoms with E-state index in [1.165, 1.54) is 7.11 Å². The summed E-state index contributed by atoms with van der Waals surface area (Å²) in [6.07, 6.45) is 5.96. The van der Waals surface area contributed by atoms with Crippen LogP contribution in [0.15, 0.2) is 41.3 Å². The zero-order valence-electron chi connectivity index (χ0n) is 19.2. The first-order chi connectivity index (χ1) is 15.4. The van der Waals surface area contributed by atoms with Crippen LogP contribution in [0.25, 0.3) is 16.5 Å². The number of hydrogen-bond acceptors (Lipinski definition) is 4. The van der Waals surface area contributed by atoms with Crippen molar-refractivity contribution in [2.24, 2.45) is 0 Å². The van der Waals surface area contributed by atoms with Gasteiger partial charge in [0.25, 0.3) is 11.5 Å². The van der Waals surface area contributed by atoms with Gasteiger partial charge in [0, 0.05) is 30.4 Å². The summed E-state index contributed by atoms with van der Waals surface area (Å²) >= 11 is 0. The predicted molar refractivity (Wildman–Crippen MR) is 126 cm³/mol. The van der Waals surface area contributed by atoms with Crippen molar-refractivity contribution < 1.29 is 14.3 Å². The molecule has 0 radical (unpaired) electrons. The number of rotatable bonds is 4. The number of nitrogens with zero attached hydrogens (tertiary/aromatic N) is 2. The number of fused-ring (bicyclic) bond motifs is 1. The van der Waals surface area contributed by atoms with Gasteiger partial charge in [0.15, 0.2) is 11.5 Å². The first-order valence-electron chi connectivity index (χ1n) is 11.1. The molecule has 0 N–H and O–H groups in total. The predicted octanol–water partition coefficient (Wildman–Crippen LogP) is 4.64. The minimum Gasteiger partial charge on any atom is -0.493 e. The van der Waals surface area contributed by atoms with E-state index in [1.807, 2.05) is 36.9 Å². The fraction of sp³-hybridized carbons (Fsp3) is 0.385. The minimum atomic E-state index is -0.198. The molecule has 1 amide bonds. The second kappa shape index (κ2) is 9.07. The van der Waals surface area contributed by atoms with Gasteiger partial charge in [-0.1, -0.05) is 18.9 Å². The van der Waals surface area contributed by atoms with Crippen LogP contribution in [0.5, 0.6) is 11.5 Å². The maximum Gasteiger partial charge on any atom is 0.263 e. The van der Waals surface area contributed by atoms with Crippen LogP contribution in [-0.4, -0.2) is 42.7 Å². The number of aryl methyl sites for hydroxylation is 2. The van der Waals surface area contributed by atoms with Crippen molar-refractivity contribution in [3.8, 4) is 17.2 Å². The highest BCUT2D eigenvalue weighted by Crippen LogP contribution is 2.33. The third kappa shape index (κ3) is 3.97. The van der Waals surface area contributed by atoms with Crippen molar-refractivity contribution in [2.45, 2.75) is 39.5 Å². The second-order valence-corrected chi connectivity index (χ2v) is 8.45. The summed E-state index contributed by atoms with van der Waals surface area (Å²) in [5.41, 5.74) is 3.27. The zero-order valence-corrected chi connectivity index (χ0v) is 19.2. The molecule has 6 nitrogen and oxygen atoms in total. The number of carbonyl (C=O) groups is 1. The lowest BCUT2D eigenvalue weighted by Gasteiger charge is -2.22. The summed E-state index contributed by atoms with van der Waals surface area (Å²) in [6.45, 7) is 5.52. The lowest BCUT2D eigenvalue weighted by atomic mass is 10.0. The highest BCUT2D eigenvalue weighted by molar-refractivity contribution is 6.07. The van der Waals surface area contributed by atoms with Gasteiger partial charge in [-0.25, -0.2) is 0 Å². The number of likely N-dealkylation sites (tertiary alicyclic amines) is 1. The number of amides is 1. The van der Waals surface area contributed by atoms with Gasteiger partial charge in [0.1, 0.15) is 0 Å². The molecule has 3 aromatic rings. The molecule has 0 bridgehead atoms. The summed E-state index contributed by atoms with van der Waals surface area (Å²) in [4.78, 5) is 29.1. The molecule has 4 rings (SSSR count). The average Bonchev–Trinajstić information content (AvgIpc) is 3.09. The Kier molecular flexibility index (Phi) is 6.21. The zero-order chi connectivity index (χ0) is 22.8. The van der Waals surface area contributed by atoms with Crippen molar-refractivity contribution >= 4 is 16.7 Å². The van der Waals surface area contributed by atoms with Gasteiger partial charge in [-0.05, 0) is 62.1 Å². The Morgan fingerprint density at radius 3 is 2.06 bits per heavy atom. The number of pyridine rings is 1. The van der Waals surface area contributed by atoms with Gasteiger partial charge in [-0.3, -0.25) is 14.2 Å². The molecule has 1 aromatic heterocycles. The molecule has 1 aliphatic heterocycles. The van der Waals surface area contributed by atoms with Gasteiger partial charge in [0.2, 0.25) is 0 Å². The Morgan fingerprint density at radius 1 is 0.844 bits per heavy atom. The van der Waals surface area contributed by atoms with Crippen LogP contribution in [0.1, 0.15) is 47.2 Å². The monoisotopic (exact) mass is 434 g/mol. The van der Waals surface area contributed by atoms with Crippen molar-refractivity contribution in [1.82, 2.24) is 9.47 Å². The average molecular weight is 435 g/mol. The van der Waals surface area contributed by atoms with E-state index in [9.17, 15) is 9.59 Å². The van der Waals surface area contributed by atoms with Gasteiger partial charge in [-0.2, -0.15) is 0 Å². The Bertz CT molecular complexity index is 1220. The smallest absolute Gasteiger partial charge is 0.263 e. The number of carbonyl (C=O) groups excluding carboxylic acids is 1. The van der Waals surface area contributed by atoms with E-state index >= 15 is 0 Å². The molecule has 1 saturated heterocycles. The van der Waals surface area contributed by atoms with E-state index in [0.717, 1.165) is 55.6 Å². The molecule has 0 aliphatic carbocycles. The normalized spacial score (nSPS) is 14.3. The lowest BCUT2D eigenvalue weighted by Crippen LogP contribution is -2.33. The molecule has 0 unspecified atom stereocenters. The summed E-state index contributed by atoms with van der Waals surface area (Å²) in [5.74, 6) is 0.901. The fourth-order valence-electron chi connectivity index (χ4n) is 4.35. The first kappa shape index (κ1) is 21.9. The van der Waals surface area contributed by atoms with E-state index in [1.54, 1.807) is 30.0 Å². The van der Waals surface area contributed by atoms with Crippen LogP contribution in [-0.2, 0) is 0 Å². The Morgan fingerprint density at radius 2 is 1.47 bits per heavy atom. The molecule has 2 heterocycles. The highest BCUT2D eigenvalue weighted by Gasteiger charge is 2.23. The third-order valence-electron chi connectivity index (χ3n) is 6.41. The van der Waals surface area contributed by atoms with Crippen molar-refractivity contribution in [2.75, 3.05) is 27.3 Å². The molecule has 168 valence electrons. The second-order valence-electron chi connectivity index (χ2n) is 8.45. The maximum atomic E-state index is 13.7. The summed E-state index contributed by atoms with van der Waals surface area (Å²) in [5, 5.41) is 1.02. The van der Waals surface area contributed by atoms with Crippen LogP contribution in [0.4, 0.5) is 0 Å². The van der Waals surface area contributed by atoms with E-state index in [4.69, 9.17) is 9.47 Å². The molecular formula is C26H30N2O4. The van der Waals surface area contributed by atoms with E-state index in [0.29, 0.717) is 27.8 Å². The van der Waals surface area contributed by atoms with Crippen LogP contribution in [0, 0.1) is 13.8 Å². The van der Waals surface area contributed by atoms with Gasteiger partial charge >= 0.3 is 0 Å². The summed E-state index contributed by atoms with van der Waals surface area (Å²) < 4.78 is 12.5. The van der Waals surface area contributed by atoms with E-state index in [-0.39, 0.29) is 11.5 Å². The molecule has 6 heteroatoms. The van der Waals surface area contributed by atoms with Crippen molar-refractivity contribution in [3.05, 3.63) is 63.6 Å². The Hall–Kier alpha value is -3.28. The van der Waals surface area contributed by atoms with Crippen LogP contribution in [0.3, 0.4) is 0 Å². The Labute approximate surface area is 188 Å². The summed E-state index contributed by atoms with van der Waals surface area (Å²) in [6, 6.07) is 9.30. The van der Waals surface area contributed by atoms with Crippen LogP contribution >= 0.6 is 0 Å². The summed E-state index contributed by atoms with van der Waals surface area (Å²) in [7, 11) is 3.09. The minimum absolute atomic E-state index is 0.0540. The van der Waals surface area contributed by atoms with Crippen molar-refractivity contribution in [1.29, 1.82) is 0 Å². The standard InChI is InChI=1S/C26H30N2O4/c1-17-9-10-19(13-18(17)2)28-16-22(25(29)27-11-7-5-6-8-12-27)20-14-23(31-3)24(32-4)15-21(20)26(28)30/h9-10,13-16H,5-8,11-12H2,1-4H3. The largest absolute Gasteiger partial charge is 0.493 e. The van der Waals surface area contributed by atoms with E-state index < -0.39 is 0 Å². The third-order valence-corrected chi connectivity index (χ3v) is 6.41. The molecule has 32 heavy (non-hydrogen) atoms. The molecule has 0 spiro atoms. The maximum absolute atomic E-state index is 13.7. The van der Waals surface area contributed by atoms with Gasteiger partial charge in [0.05, 0.1) is 25.2 Å². The van der Waals surface area contributed by atoms with Crippen LogP contribution < -0.4 is 15.0 Å². The topological polar surface area (TPSA) is 60.8 Å². The Balaban J connectivity index is 1.99. The van der Waals surface area contributed by atoms with Gasteiger partial charge < -0.3 is 14.4 Å². The molecule has 0 atom stereocenters.